The van der Waals surface area contributed by atoms with Crippen LogP contribution in [0.2, 0.25) is 0 Å². The number of rotatable bonds is 4. The highest BCUT2D eigenvalue weighted by Gasteiger charge is 2.05. The van der Waals surface area contributed by atoms with Crippen molar-refractivity contribution < 1.29 is 9.53 Å². The van der Waals surface area contributed by atoms with Crippen LogP contribution in [-0.2, 0) is 0 Å². The van der Waals surface area contributed by atoms with E-state index in [1.54, 1.807) is 24.4 Å². The Bertz CT molecular complexity index is 526. The first-order chi connectivity index (χ1) is 8.79. The van der Waals surface area contributed by atoms with Crippen LogP contribution in [-0.4, -0.2) is 17.5 Å². The van der Waals surface area contributed by atoms with Crippen LogP contribution in [0.4, 0.5) is 5.69 Å². The van der Waals surface area contributed by atoms with Crippen LogP contribution in [0.1, 0.15) is 17.3 Å². The second-order valence-corrected chi connectivity index (χ2v) is 3.66. The number of carbonyl (C=O) groups is 1. The maximum absolute atomic E-state index is 11.9. The number of nitrogens with zero attached hydrogens (tertiary/aromatic N) is 1. The van der Waals surface area contributed by atoms with Crippen LogP contribution >= 0.6 is 0 Å². The lowest BCUT2D eigenvalue weighted by Gasteiger charge is -2.07. The van der Waals surface area contributed by atoms with Crippen molar-refractivity contribution in [2.75, 3.05) is 11.9 Å². The van der Waals surface area contributed by atoms with Gasteiger partial charge in [-0.3, -0.25) is 9.78 Å². The third-order valence-electron chi connectivity index (χ3n) is 2.33. The van der Waals surface area contributed by atoms with Crippen LogP contribution in [0, 0.1) is 0 Å². The first-order valence-electron chi connectivity index (χ1n) is 5.74. The number of amides is 1. The molecular weight excluding hydrogens is 228 g/mol. The predicted octanol–water partition coefficient (Wildman–Crippen LogP) is 2.73. The molecule has 1 amide bonds. The molecule has 0 unspecified atom stereocenters. The molecule has 92 valence electrons. The Hall–Kier alpha value is -2.36. The molecule has 0 bridgehead atoms. The molecule has 0 aliphatic heterocycles. The van der Waals surface area contributed by atoms with E-state index in [2.05, 4.69) is 10.3 Å². The van der Waals surface area contributed by atoms with Crippen molar-refractivity contribution >= 4 is 11.6 Å². The molecule has 2 rings (SSSR count). The second-order valence-electron chi connectivity index (χ2n) is 3.66. The molecule has 0 saturated carbocycles. The van der Waals surface area contributed by atoms with Gasteiger partial charge in [-0.15, -0.1) is 0 Å². The van der Waals surface area contributed by atoms with Crippen molar-refractivity contribution in [2.45, 2.75) is 6.92 Å². The van der Waals surface area contributed by atoms with Crippen molar-refractivity contribution in [3.8, 4) is 5.75 Å². The number of pyridine rings is 1. The van der Waals surface area contributed by atoms with Gasteiger partial charge in [0.05, 0.1) is 12.2 Å². The number of hydrogen-bond acceptors (Lipinski definition) is 3. The fourth-order valence-corrected chi connectivity index (χ4v) is 1.53. The summed E-state index contributed by atoms with van der Waals surface area (Å²) in [5.74, 6) is 0.554. The quantitative estimate of drug-likeness (QED) is 0.896. The van der Waals surface area contributed by atoms with Gasteiger partial charge in [-0.05, 0) is 31.2 Å². The standard InChI is InChI=1S/C14H14N2O2/c1-2-18-13-7-3-6-12(9-13)16-14(17)11-5-4-8-15-10-11/h3-10H,2H2,1H3,(H,16,17). The van der Waals surface area contributed by atoms with Gasteiger partial charge in [-0.25, -0.2) is 0 Å². The summed E-state index contributed by atoms with van der Waals surface area (Å²) < 4.78 is 5.37. The summed E-state index contributed by atoms with van der Waals surface area (Å²) in [5, 5.41) is 2.80. The van der Waals surface area contributed by atoms with Crippen molar-refractivity contribution in [1.29, 1.82) is 0 Å². The summed E-state index contributed by atoms with van der Waals surface area (Å²) in [7, 11) is 0. The van der Waals surface area contributed by atoms with Crippen LogP contribution in [0.25, 0.3) is 0 Å². The number of hydrogen-bond donors (Lipinski definition) is 1. The number of benzene rings is 1. The van der Waals surface area contributed by atoms with E-state index in [0.29, 0.717) is 17.9 Å². The van der Waals surface area contributed by atoms with Gasteiger partial charge in [0.15, 0.2) is 0 Å². The summed E-state index contributed by atoms with van der Waals surface area (Å²) in [5.41, 5.74) is 1.23. The van der Waals surface area contributed by atoms with E-state index < -0.39 is 0 Å². The first kappa shape index (κ1) is 12.1. The SMILES string of the molecule is CCOc1cccc(NC(=O)c2cccnc2)c1. The van der Waals surface area contributed by atoms with Crippen LogP contribution in [0.5, 0.6) is 5.75 Å². The maximum Gasteiger partial charge on any atom is 0.257 e. The predicted molar refractivity (Wildman–Crippen MR) is 69.8 cm³/mol. The Morgan fingerprint density at radius 2 is 2.22 bits per heavy atom. The lowest BCUT2D eigenvalue weighted by Crippen LogP contribution is -2.11. The molecule has 0 aliphatic rings. The van der Waals surface area contributed by atoms with Crippen molar-refractivity contribution in [3.05, 3.63) is 54.4 Å². The van der Waals surface area contributed by atoms with E-state index in [-0.39, 0.29) is 5.91 Å². The molecule has 4 nitrogen and oxygen atoms in total. The molecule has 0 fully saturated rings. The summed E-state index contributed by atoms with van der Waals surface area (Å²) in [6.45, 7) is 2.51. The average Bonchev–Trinajstić information content (AvgIpc) is 2.40. The largest absolute Gasteiger partial charge is 0.494 e. The first-order valence-corrected chi connectivity index (χ1v) is 5.74. The highest BCUT2D eigenvalue weighted by molar-refractivity contribution is 6.04. The highest BCUT2D eigenvalue weighted by Crippen LogP contribution is 2.17. The Balaban J connectivity index is 2.10. The minimum absolute atomic E-state index is 0.184. The minimum Gasteiger partial charge on any atom is -0.494 e. The summed E-state index contributed by atoms with van der Waals surface area (Å²) in [6.07, 6.45) is 3.16. The number of anilines is 1. The normalized spacial score (nSPS) is 9.83. The van der Waals surface area contributed by atoms with Crippen molar-refractivity contribution in [2.24, 2.45) is 0 Å². The number of nitrogens with one attached hydrogen (secondary N) is 1. The van der Waals surface area contributed by atoms with Crippen LogP contribution in [0.3, 0.4) is 0 Å². The smallest absolute Gasteiger partial charge is 0.257 e. The van der Waals surface area contributed by atoms with Crippen LogP contribution in [0.15, 0.2) is 48.8 Å². The van der Waals surface area contributed by atoms with Gasteiger partial charge in [0, 0.05) is 24.1 Å². The second kappa shape index (κ2) is 5.82. The van der Waals surface area contributed by atoms with Gasteiger partial charge in [0.2, 0.25) is 0 Å². The van der Waals surface area contributed by atoms with Crippen molar-refractivity contribution in [1.82, 2.24) is 4.98 Å². The molecule has 18 heavy (non-hydrogen) atoms. The maximum atomic E-state index is 11.9. The summed E-state index contributed by atoms with van der Waals surface area (Å²) >= 11 is 0. The molecule has 0 saturated heterocycles. The lowest BCUT2D eigenvalue weighted by atomic mass is 10.2. The zero-order valence-corrected chi connectivity index (χ0v) is 10.1. The molecule has 0 aliphatic carbocycles. The van der Waals surface area contributed by atoms with E-state index in [1.807, 2.05) is 25.1 Å². The molecule has 1 aromatic heterocycles. The fourth-order valence-electron chi connectivity index (χ4n) is 1.53. The fraction of sp³-hybridized carbons (Fsp3) is 0.143. The van der Waals surface area contributed by atoms with Gasteiger partial charge in [-0.1, -0.05) is 6.07 Å². The average molecular weight is 242 g/mol. The van der Waals surface area contributed by atoms with E-state index >= 15 is 0 Å². The van der Waals surface area contributed by atoms with Crippen molar-refractivity contribution in [3.63, 3.8) is 0 Å². The monoisotopic (exact) mass is 242 g/mol. The third kappa shape index (κ3) is 3.07. The van der Waals surface area contributed by atoms with E-state index in [4.69, 9.17) is 4.74 Å². The summed E-state index contributed by atoms with van der Waals surface area (Å²) in [6, 6.07) is 10.7. The van der Waals surface area contributed by atoms with Crippen LogP contribution < -0.4 is 10.1 Å². The molecule has 0 atom stereocenters. The Morgan fingerprint density at radius 3 is 2.94 bits per heavy atom. The topological polar surface area (TPSA) is 51.2 Å². The van der Waals surface area contributed by atoms with Gasteiger partial charge < -0.3 is 10.1 Å². The molecule has 0 radical (unpaired) electrons. The molecule has 1 N–H and O–H groups in total. The van der Waals surface area contributed by atoms with Gasteiger partial charge in [0.1, 0.15) is 5.75 Å². The number of aromatic nitrogens is 1. The Kier molecular flexibility index (Phi) is 3.91. The molecule has 0 spiro atoms. The van der Waals surface area contributed by atoms with E-state index in [1.165, 1.54) is 6.20 Å². The zero-order chi connectivity index (χ0) is 12.8. The van der Waals surface area contributed by atoms with E-state index in [9.17, 15) is 4.79 Å². The summed E-state index contributed by atoms with van der Waals surface area (Å²) in [4.78, 5) is 15.8. The Morgan fingerprint density at radius 1 is 1.33 bits per heavy atom. The number of carbonyl (C=O) groups excluding carboxylic acids is 1. The molecular formula is C14H14N2O2. The third-order valence-corrected chi connectivity index (χ3v) is 2.33. The zero-order valence-electron chi connectivity index (χ0n) is 10.1. The van der Waals surface area contributed by atoms with Gasteiger partial charge in [0.25, 0.3) is 5.91 Å². The Labute approximate surface area is 106 Å². The highest BCUT2D eigenvalue weighted by atomic mass is 16.5. The molecule has 1 aromatic carbocycles. The minimum atomic E-state index is -0.184. The molecule has 4 heteroatoms. The lowest BCUT2D eigenvalue weighted by molar-refractivity contribution is 0.102. The van der Waals surface area contributed by atoms with Gasteiger partial charge >= 0.3 is 0 Å². The van der Waals surface area contributed by atoms with Gasteiger partial charge in [-0.2, -0.15) is 0 Å². The van der Waals surface area contributed by atoms with E-state index in [0.717, 1.165) is 5.75 Å². The number of ether oxygens (including phenoxy) is 1. The molecule has 1 heterocycles. The molecule has 2 aromatic rings.